The first-order valence-corrected chi connectivity index (χ1v) is 10.3. The Morgan fingerprint density at radius 1 is 1.30 bits per heavy atom. The molecule has 2 aromatic carbocycles. The molecule has 1 saturated carbocycles. The van der Waals surface area contributed by atoms with Gasteiger partial charge in [0.05, 0.1) is 24.5 Å². The fraction of sp³-hybridized carbons (Fsp3) is 0.261. The lowest BCUT2D eigenvalue weighted by Gasteiger charge is -2.08. The maximum absolute atomic E-state index is 6.17. The van der Waals surface area contributed by atoms with Gasteiger partial charge < -0.3 is 11.1 Å². The fourth-order valence-corrected chi connectivity index (χ4v) is 3.68. The highest BCUT2D eigenvalue weighted by Gasteiger charge is 2.19. The lowest BCUT2D eigenvalue weighted by atomic mass is 10.0. The van der Waals surface area contributed by atoms with Crippen molar-refractivity contribution in [2.24, 2.45) is 5.73 Å². The number of nitrogens with zero attached hydrogens (tertiary/aromatic N) is 4. The Kier molecular flexibility index (Phi) is 4.80. The van der Waals surface area contributed by atoms with Crippen molar-refractivity contribution in [3.8, 4) is 11.3 Å². The minimum atomic E-state index is 0.661. The highest BCUT2D eigenvalue weighted by Crippen LogP contribution is 2.25. The van der Waals surface area contributed by atoms with Gasteiger partial charge in [-0.05, 0) is 48.6 Å². The van der Waals surface area contributed by atoms with Crippen LogP contribution < -0.4 is 11.1 Å². The maximum Gasteiger partial charge on any atom is 0.113 e. The molecule has 2 aromatic heterocycles. The van der Waals surface area contributed by atoms with Gasteiger partial charge in [-0.3, -0.25) is 5.10 Å². The average Bonchev–Trinajstić information content (AvgIpc) is 3.24. The molecule has 0 spiro atoms. The zero-order valence-electron chi connectivity index (χ0n) is 17.0. The lowest BCUT2D eigenvalue weighted by Crippen LogP contribution is -2.22. The Balaban J connectivity index is 1.31. The molecule has 1 aliphatic rings. The first kappa shape index (κ1) is 18.6. The number of H-pyrrole nitrogens is 1. The second-order valence-electron chi connectivity index (χ2n) is 8.00. The molecule has 152 valence electrons. The van der Waals surface area contributed by atoms with E-state index in [9.17, 15) is 0 Å². The van der Waals surface area contributed by atoms with Gasteiger partial charge in [0.1, 0.15) is 5.69 Å². The van der Waals surface area contributed by atoms with Crippen molar-refractivity contribution >= 4 is 17.0 Å². The molecule has 4 aromatic rings. The third-order valence-electron chi connectivity index (χ3n) is 5.49. The topological polar surface area (TPSA) is 97.4 Å². The van der Waals surface area contributed by atoms with Crippen molar-refractivity contribution in [3.05, 3.63) is 71.2 Å². The van der Waals surface area contributed by atoms with Gasteiger partial charge in [0.15, 0.2) is 0 Å². The second kappa shape index (κ2) is 7.76. The summed E-state index contributed by atoms with van der Waals surface area (Å²) in [5, 5.41) is 20.3. The van der Waals surface area contributed by atoms with Gasteiger partial charge in [-0.15, -0.1) is 5.10 Å². The quantitative estimate of drug-likeness (QED) is 0.443. The van der Waals surface area contributed by atoms with Crippen molar-refractivity contribution in [1.29, 1.82) is 0 Å². The summed E-state index contributed by atoms with van der Waals surface area (Å²) in [6.45, 7) is 3.53. The van der Waals surface area contributed by atoms with Gasteiger partial charge in [0, 0.05) is 29.2 Å². The summed E-state index contributed by atoms with van der Waals surface area (Å²) in [4.78, 5) is 0. The maximum atomic E-state index is 6.17. The number of aromatic nitrogens is 5. The molecule has 0 aliphatic heterocycles. The van der Waals surface area contributed by atoms with Crippen LogP contribution in [-0.4, -0.2) is 37.8 Å². The molecule has 0 amide bonds. The molecular formula is C23H25N7. The fourth-order valence-electron chi connectivity index (χ4n) is 3.68. The van der Waals surface area contributed by atoms with Crippen LogP contribution in [0.1, 0.15) is 29.5 Å². The number of nitrogens with one attached hydrogen (secondary N) is 2. The summed E-state index contributed by atoms with van der Waals surface area (Å²) in [7, 11) is 0. The number of aromatic amines is 1. The van der Waals surface area contributed by atoms with E-state index in [2.05, 4.69) is 57.0 Å². The SMILES string of the molecule is Cc1cc(Cn2cc(-c3cccc4[nH]ncc34)nn2)ccc1/C=C(\N)CNC1CC1. The average molecular weight is 400 g/mol. The van der Waals surface area contributed by atoms with Crippen molar-refractivity contribution in [1.82, 2.24) is 30.5 Å². The molecule has 0 bridgehead atoms. The largest absolute Gasteiger partial charge is 0.401 e. The number of hydrogen-bond acceptors (Lipinski definition) is 5. The molecule has 5 rings (SSSR count). The van der Waals surface area contributed by atoms with Crippen molar-refractivity contribution < 1.29 is 0 Å². The van der Waals surface area contributed by atoms with Crippen molar-refractivity contribution in [3.63, 3.8) is 0 Å². The van der Waals surface area contributed by atoms with E-state index in [1.165, 1.54) is 24.0 Å². The van der Waals surface area contributed by atoms with E-state index in [4.69, 9.17) is 5.73 Å². The molecule has 30 heavy (non-hydrogen) atoms. The molecule has 1 aliphatic carbocycles. The van der Waals surface area contributed by atoms with E-state index >= 15 is 0 Å². The number of nitrogens with two attached hydrogens (primary N) is 1. The molecule has 0 unspecified atom stereocenters. The number of rotatable bonds is 7. The van der Waals surface area contributed by atoms with E-state index in [1.807, 2.05) is 35.3 Å². The standard InChI is InChI=1S/C23H25N7/c1-15-9-16(5-6-17(15)10-18(24)11-25-19-7-8-19)13-30-14-23(28-29-30)20-3-2-4-22-21(20)12-26-27-22/h2-6,9-10,12,14,19,25H,7-8,11,13,24H2,1H3,(H,26,27)/b18-10-. The number of hydrogen-bond donors (Lipinski definition) is 3. The van der Waals surface area contributed by atoms with Gasteiger partial charge in [-0.1, -0.05) is 35.5 Å². The van der Waals surface area contributed by atoms with Gasteiger partial charge in [0.2, 0.25) is 0 Å². The van der Waals surface area contributed by atoms with Crippen LogP contribution in [0, 0.1) is 6.92 Å². The van der Waals surface area contributed by atoms with Crippen LogP contribution in [-0.2, 0) is 6.54 Å². The Morgan fingerprint density at radius 3 is 3.03 bits per heavy atom. The van der Waals surface area contributed by atoms with Crippen molar-refractivity contribution in [2.75, 3.05) is 6.54 Å². The van der Waals surface area contributed by atoms with Gasteiger partial charge >= 0.3 is 0 Å². The van der Waals surface area contributed by atoms with Crippen LogP contribution in [0.25, 0.3) is 28.2 Å². The predicted molar refractivity (Wildman–Crippen MR) is 119 cm³/mol. The first-order valence-electron chi connectivity index (χ1n) is 10.3. The zero-order valence-corrected chi connectivity index (χ0v) is 17.0. The highest BCUT2D eigenvalue weighted by molar-refractivity contribution is 5.92. The van der Waals surface area contributed by atoms with Crippen LogP contribution in [0.4, 0.5) is 0 Å². The van der Waals surface area contributed by atoms with Gasteiger partial charge in [0.25, 0.3) is 0 Å². The summed E-state index contributed by atoms with van der Waals surface area (Å²) < 4.78 is 1.87. The van der Waals surface area contributed by atoms with Crippen LogP contribution in [0.5, 0.6) is 0 Å². The second-order valence-corrected chi connectivity index (χ2v) is 8.00. The Bertz CT molecular complexity index is 1210. The van der Waals surface area contributed by atoms with E-state index in [-0.39, 0.29) is 0 Å². The predicted octanol–water partition coefficient (Wildman–Crippen LogP) is 3.23. The first-order chi connectivity index (χ1) is 14.7. The molecule has 4 N–H and O–H groups in total. The Labute approximate surface area is 175 Å². The number of aryl methyl sites for hydroxylation is 1. The smallest absolute Gasteiger partial charge is 0.113 e. The Morgan fingerprint density at radius 2 is 2.20 bits per heavy atom. The van der Waals surface area contributed by atoms with Crippen LogP contribution in [0.15, 0.2) is 54.5 Å². The van der Waals surface area contributed by atoms with Crippen LogP contribution >= 0.6 is 0 Å². The minimum absolute atomic E-state index is 0.661. The van der Waals surface area contributed by atoms with E-state index in [1.54, 1.807) is 0 Å². The molecule has 1 fully saturated rings. The van der Waals surface area contributed by atoms with E-state index in [0.29, 0.717) is 12.6 Å². The third kappa shape index (κ3) is 3.97. The molecule has 0 radical (unpaired) electrons. The van der Waals surface area contributed by atoms with E-state index < -0.39 is 0 Å². The third-order valence-corrected chi connectivity index (χ3v) is 5.49. The summed E-state index contributed by atoms with van der Waals surface area (Å²) in [6, 6.07) is 13.1. The summed E-state index contributed by atoms with van der Waals surface area (Å²) in [6.07, 6.45) is 8.40. The zero-order chi connectivity index (χ0) is 20.5. The van der Waals surface area contributed by atoms with E-state index in [0.717, 1.165) is 40.0 Å². The minimum Gasteiger partial charge on any atom is -0.401 e. The monoisotopic (exact) mass is 399 g/mol. The normalized spacial score (nSPS) is 14.5. The summed E-state index contributed by atoms with van der Waals surface area (Å²) >= 11 is 0. The molecule has 7 nitrogen and oxygen atoms in total. The summed E-state index contributed by atoms with van der Waals surface area (Å²) in [5.74, 6) is 0. The van der Waals surface area contributed by atoms with Crippen molar-refractivity contribution in [2.45, 2.75) is 32.4 Å². The highest BCUT2D eigenvalue weighted by atomic mass is 15.4. The van der Waals surface area contributed by atoms with Crippen LogP contribution in [0.3, 0.4) is 0 Å². The Hall–Kier alpha value is -3.45. The van der Waals surface area contributed by atoms with Gasteiger partial charge in [-0.25, -0.2) is 4.68 Å². The molecule has 2 heterocycles. The number of fused-ring (bicyclic) bond motifs is 1. The lowest BCUT2D eigenvalue weighted by molar-refractivity contribution is 0.649. The van der Waals surface area contributed by atoms with Crippen LogP contribution in [0.2, 0.25) is 0 Å². The molecular weight excluding hydrogens is 374 g/mol. The number of benzene rings is 2. The summed E-state index contributed by atoms with van der Waals surface area (Å²) in [5.41, 5.74) is 13.4. The molecule has 0 atom stereocenters. The molecule has 0 saturated heterocycles. The van der Waals surface area contributed by atoms with Gasteiger partial charge in [-0.2, -0.15) is 5.10 Å². The molecule has 7 heteroatoms.